The lowest BCUT2D eigenvalue weighted by Gasteiger charge is -2.06. The lowest BCUT2D eigenvalue weighted by Crippen LogP contribution is -2.21. The minimum absolute atomic E-state index is 0.0795. The van der Waals surface area contributed by atoms with Crippen LogP contribution >= 0.6 is 0 Å². The maximum atomic E-state index is 14.2. The molecular formula is C14H8F2N3O. The molecule has 4 nitrogen and oxygen atoms in total. The zero-order chi connectivity index (χ0) is 14.3. The number of carbonyl (C=O) groups excluding carboxylic acids is 1. The summed E-state index contributed by atoms with van der Waals surface area (Å²) in [7, 11) is 0. The van der Waals surface area contributed by atoms with E-state index in [1.165, 1.54) is 6.07 Å². The Labute approximate surface area is 112 Å². The van der Waals surface area contributed by atoms with E-state index in [0.29, 0.717) is 10.2 Å². The molecule has 0 saturated heterocycles. The molecule has 0 unspecified atom stereocenters. The molecule has 0 spiro atoms. The Morgan fingerprint density at radius 3 is 2.55 bits per heavy atom. The zero-order valence-corrected chi connectivity index (χ0v) is 10.1. The number of amides is 1. The first-order valence-corrected chi connectivity index (χ1v) is 5.73. The van der Waals surface area contributed by atoms with E-state index in [-0.39, 0.29) is 16.5 Å². The van der Waals surface area contributed by atoms with Gasteiger partial charge in [0.15, 0.2) is 11.6 Å². The van der Waals surface area contributed by atoms with Crippen molar-refractivity contribution in [3.63, 3.8) is 0 Å². The first-order valence-electron chi connectivity index (χ1n) is 5.73. The molecular weight excluding hydrogens is 264 g/mol. The highest BCUT2D eigenvalue weighted by Crippen LogP contribution is 2.30. The van der Waals surface area contributed by atoms with Crippen LogP contribution in [0.2, 0.25) is 0 Å². The zero-order valence-electron chi connectivity index (χ0n) is 10.1. The molecule has 0 saturated carbocycles. The molecule has 1 aromatic heterocycles. The fourth-order valence-electron chi connectivity index (χ4n) is 2.05. The van der Waals surface area contributed by atoms with Crippen LogP contribution in [0.1, 0.15) is 0 Å². The third-order valence-corrected chi connectivity index (χ3v) is 2.96. The van der Waals surface area contributed by atoms with Gasteiger partial charge in [0.2, 0.25) is 0 Å². The van der Waals surface area contributed by atoms with Crippen LogP contribution in [0.25, 0.3) is 22.0 Å². The van der Waals surface area contributed by atoms with E-state index in [9.17, 15) is 13.6 Å². The predicted molar refractivity (Wildman–Crippen MR) is 68.9 cm³/mol. The van der Waals surface area contributed by atoms with Crippen molar-refractivity contribution in [1.82, 2.24) is 9.78 Å². The van der Waals surface area contributed by atoms with Crippen molar-refractivity contribution < 1.29 is 13.6 Å². The Hall–Kier alpha value is -2.76. The number of primary amides is 1. The van der Waals surface area contributed by atoms with E-state index in [1.807, 2.05) is 0 Å². The Kier molecular flexibility index (Phi) is 2.71. The first-order chi connectivity index (χ1) is 9.59. The second kappa shape index (κ2) is 4.41. The summed E-state index contributed by atoms with van der Waals surface area (Å²) in [5.41, 5.74) is 5.33. The maximum Gasteiger partial charge on any atom is 0.340 e. The summed E-state index contributed by atoms with van der Waals surface area (Å²) in [6, 6.07) is 8.90. The highest BCUT2D eigenvalue weighted by molar-refractivity contribution is 5.92. The molecule has 1 heterocycles. The minimum Gasteiger partial charge on any atom is -0.350 e. The Morgan fingerprint density at radius 1 is 1.20 bits per heavy atom. The first kappa shape index (κ1) is 12.3. The quantitative estimate of drug-likeness (QED) is 0.740. The van der Waals surface area contributed by atoms with Crippen LogP contribution in [0.3, 0.4) is 0 Å². The lowest BCUT2D eigenvalue weighted by molar-refractivity contribution is 0.248. The van der Waals surface area contributed by atoms with E-state index in [0.717, 1.165) is 0 Å². The summed E-state index contributed by atoms with van der Waals surface area (Å²) >= 11 is 0. The number of nitrogens with two attached hydrogens (primary N) is 1. The molecule has 3 rings (SSSR count). The van der Waals surface area contributed by atoms with Gasteiger partial charge in [-0.05, 0) is 11.6 Å². The topological polar surface area (TPSA) is 60.9 Å². The van der Waals surface area contributed by atoms with E-state index < -0.39 is 17.7 Å². The minimum atomic E-state index is -1.17. The van der Waals surface area contributed by atoms with Gasteiger partial charge in [0.1, 0.15) is 11.7 Å². The number of nitrogens with zero attached hydrogens (tertiary/aromatic N) is 2. The number of rotatable bonds is 1. The van der Waals surface area contributed by atoms with Gasteiger partial charge in [0, 0.05) is 10.9 Å². The van der Waals surface area contributed by atoms with Crippen molar-refractivity contribution in [2.45, 2.75) is 0 Å². The van der Waals surface area contributed by atoms with Crippen molar-refractivity contribution in [2.75, 3.05) is 0 Å². The number of halogens is 2. The third-order valence-electron chi connectivity index (χ3n) is 2.96. The van der Waals surface area contributed by atoms with Crippen LogP contribution in [-0.4, -0.2) is 15.8 Å². The standard InChI is InChI=1S/C14H8F2N3O/c15-11-10(8-4-2-1-3-5-8)6-9-7-18-19(14(17)20)13(9)12(11)16/h1-6H,(H2,17,20). The van der Waals surface area contributed by atoms with Gasteiger partial charge in [0.25, 0.3) is 0 Å². The number of hydrogen-bond acceptors (Lipinski definition) is 2. The highest BCUT2D eigenvalue weighted by atomic mass is 19.2. The van der Waals surface area contributed by atoms with Gasteiger partial charge in [-0.15, -0.1) is 0 Å². The van der Waals surface area contributed by atoms with Gasteiger partial charge in [-0.3, -0.25) is 0 Å². The summed E-state index contributed by atoms with van der Waals surface area (Å²) in [6.45, 7) is 0. The summed E-state index contributed by atoms with van der Waals surface area (Å²) in [6.07, 6.45) is 2.45. The van der Waals surface area contributed by atoms with Crippen LogP contribution in [0.15, 0.2) is 36.4 Å². The molecule has 0 fully saturated rings. The van der Waals surface area contributed by atoms with Crippen LogP contribution in [0.5, 0.6) is 0 Å². The van der Waals surface area contributed by atoms with Gasteiger partial charge in [-0.25, -0.2) is 13.6 Å². The van der Waals surface area contributed by atoms with Gasteiger partial charge in [-0.2, -0.15) is 9.78 Å². The van der Waals surface area contributed by atoms with E-state index in [1.54, 1.807) is 30.3 Å². The summed E-state index contributed by atoms with van der Waals surface area (Å²) < 4.78 is 28.9. The fourth-order valence-corrected chi connectivity index (χ4v) is 2.05. The molecule has 2 N–H and O–H groups in total. The molecule has 2 aromatic carbocycles. The molecule has 0 atom stereocenters. The van der Waals surface area contributed by atoms with Gasteiger partial charge >= 0.3 is 6.03 Å². The third kappa shape index (κ3) is 1.73. The normalized spacial score (nSPS) is 10.9. The number of aromatic nitrogens is 2. The van der Waals surface area contributed by atoms with Crippen molar-refractivity contribution >= 4 is 16.9 Å². The SMILES string of the molecule is NC(=O)n1n[c]c2cc(-c3ccccc3)c(F)c(F)c21. The van der Waals surface area contributed by atoms with Crippen LogP contribution in [-0.2, 0) is 0 Å². The molecule has 99 valence electrons. The molecule has 3 aromatic rings. The maximum absolute atomic E-state index is 14.2. The van der Waals surface area contributed by atoms with Crippen molar-refractivity contribution in [1.29, 1.82) is 0 Å². The molecule has 20 heavy (non-hydrogen) atoms. The largest absolute Gasteiger partial charge is 0.350 e. The van der Waals surface area contributed by atoms with E-state index >= 15 is 0 Å². The summed E-state index contributed by atoms with van der Waals surface area (Å²) in [5.74, 6) is -2.23. The van der Waals surface area contributed by atoms with Crippen molar-refractivity contribution in [2.24, 2.45) is 5.73 Å². The molecule has 0 bridgehead atoms. The Balaban J connectivity index is 2.33. The highest BCUT2D eigenvalue weighted by Gasteiger charge is 2.20. The van der Waals surface area contributed by atoms with Crippen molar-refractivity contribution in [3.05, 3.63) is 54.2 Å². The van der Waals surface area contributed by atoms with Crippen LogP contribution in [0, 0.1) is 17.8 Å². The molecule has 0 aliphatic carbocycles. The van der Waals surface area contributed by atoms with E-state index in [4.69, 9.17) is 5.73 Å². The lowest BCUT2D eigenvalue weighted by atomic mass is 10.0. The number of hydrogen-bond donors (Lipinski definition) is 1. The average molecular weight is 272 g/mol. The molecule has 0 aliphatic rings. The van der Waals surface area contributed by atoms with Crippen LogP contribution < -0.4 is 5.73 Å². The molecule has 0 aliphatic heterocycles. The molecule has 6 heteroatoms. The predicted octanol–water partition coefficient (Wildman–Crippen LogP) is 2.71. The van der Waals surface area contributed by atoms with Gasteiger partial charge in [-0.1, -0.05) is 30.3 Å². The second-order valence-corrected chi connectivity index (χ2v) is 4.18. The monoisotopic (exact) mass is 272 g/mol. The summed E-state index contributed by atoms with van der Waals surface area (Å²) in [4.78, 5) is 11.1. The number of benzene rings is 2. The van der Waals surface area contributed by atoms with Crippen molar-refractivity contribution in [3.8, 4) is 11.1 Å². The molecule has 1 radical (unpaired) electrons. The fraction of sp³-hybridized carbons (Fsp3) is 0. The van der Waals surface area contributed by atoms with E-state index in [2.05, 4.69) is 11.3 Å². The smallest absolute Gasteiger partial charge is 0.340 e. The van der Waals surface area contributed by atoms with Gasteiger partial charge in [0.05, 0.1) is 0 Å². The summed E-state index contributed by atoms with van der Waals surface area (Å²) in [5, 5.41) is 3.72. The second-order valence-electron chi connectivity index (χ2n) is 4.18. The number of carbonyl (C=O) groups is 1. The van der Waals surface area contributed by atoms with Gasteiger partial charge < -0.3 is 5.73 Å². The Bertz CT molecular complexity index is 812. The molecule has 1 amide bonds. The van der Waals surface area contributed by atoms with Crippen LogP contribution in [0.4, 0.5) is 13.6 Å². The number of fused-ring (bicyclic) bond motifs is 1. The average Bonchev–Trinajstić information content (AvgIpc) is 2.88. The Morgan fingerprint density at radius 2 is 1.90 bits per heavy atom.